The lowest BCUT2D eigenvalue weighted by Crippen LogP contribution is -2.27. The van der Waals surface area contributed by atoms with E-state index in [1.54, 1.807) is 0 Å². The third kappa shape index (κ3) is 1.26. The molecule has 0 nitrogen and oxygen atoms in total. The molecule has 0 aliphatic heterocycles. The van der Waals surface area contributed by atoms with Crippen molar-refractivity contribution in [2.45, 2.75) is 32.6 Å². The van der Waals surface area contributed by atoms with Crippen molar-refractivity contribution in [2.75, 3.05) is 0 Å². The second-order valence-corrected chi connectivity index (χ2v) is 3.97. The molecule has 64 valence electrons. The van der Waals surface area contributed by atoms with Crippen molar-refractivity contribution in [3.63, 3.8) is 0 Å². The van der Waals surface area contributed by atoms with E-state index in [9.17, 15) is 0 Å². The summed E-state index contributed by atoms with van der Waals surface area (Å²) in [5.41, 5.74) is 2.11. The summed E-state index contributed by atoms with van der Waals surface area (Å²) >= 11 is 0. The highest BCUT2D eigenvalue weighted by atomic mass is 14.4. The second-order valence-electron chi connectivity index (χ2n) is 3.97. The van der Waals surface area contributed by atoms with Gasteiger partial charge in [-0.3, -0.25) is 0 Å². The average Bonchev–Trinajstić information content (AvgIpc) is 2.04. The summed E-state index contributed by atoms with van der Waals surface area (Å²) in [6, 6.07) is 0. The van der Waals surface area contributed by atoms with Crippen LogP contribution in [0.4, 0.5) is 0 Å². The Kier molecular flexibility index (Phi) is 1.92. The summed E-state index contributed by atoms with van der Waals surface area (Å²) in [5.74, 6) is 0. The van der Waals surface area contributed by atoms with Gasteiger partial charge in [-0.25, -0.2) is 0 Å². The summed E-state index contributed by atoms with van der Waals surface area (Å²) < 4.78 is 0. The molecule has 0 N–H and O–H groups in total. The summed E-state index contributed by atoms with van der Waals surface area (Å²) in [6.45, 7) is 2.09. The molecule has 1 atom stereocenters. The van der Waals surface area contributed by atoms with Crippen LogP contribution in [0.1, 0.15) is 32.6 Å². The van der Waals surface area contributed by atoms with Gasteiger partial charge < -0.3 is 0 Å². The van der Waals surface area contributed by atoms with Gasteiger partial charge in [0.15, 0.2) is 0 Å². The van der Waals surface area contributed by atoms with Crippen molar-refractivity contribution in [1.82, 2.24) is 0 Å². The van der Waals surface area contributed by atoms with Crippen molar-refractivity contribution in [3.8, 4) is 0 Å². The molecular weight excluding hydrogens is 144 g/mol. The van der Waals surface area contributed by atoms with Gasteiger partial charge >= 0.3 is 0 Å². The zero-order chi connectivity index (χ0) is 8.44. The van der Waals surface area contributed by atoms with Crippen molar-refractivity contribution in [2.24, 2.45) is 5.41 Å². The van der Waals surface area contributed by atoms with Gasteiger partial charge in [0, 0.05) is 0 Å². The Morgan fingerprint density at radius 2 is 2.25 bits per heavy atom. The zero-order valence-electron chi connectivity index (χ0n) is 7.72. The molecular formula is C12H16. The van der Waals surface area contributed by atoms with Crippen molar-refractivity contribution in [3.05, 3.63) is 36.0 Å². The van der Waals surface area contributed by atoms with Crippen LogP contribution < -0.4 is 0 Å². The zero-order valence-corrected chi connectivity index (χ0v) is 7.72. The maximum Gasteiger partial charge on any atom is -0.00348 e. The predicted molar refractivity (Wildman–Crippen MR) is 52.9 cm³/mol. The van der Waals surface area contributed by atoms with Gasteiger partial charge in [0.2, 0.25) is 0 Å². The average molecular weight is 160 g/mol. The molecule has 12 heavy (non-hydrogen) atoms. The summed E-state index contributed by atoms with van der Waals surface area (Å²) in [4.78, 5) is 0. The number of hydrogen-bond donors (Lipinski definition) is 0. The highest BCUT2D eigenvalue weighted by molar-refractivity contribution is 5.34. The Morgan fingerprint density at radius 1 is 1.42 bits per heavy atom. The van der Waals surface area contributed by atoms with E-state index in [0.717, 1.165) is 0 Å². The molecule has 1 spiro atoms. The Hall–Kier alpha value is -0.780. The quantitative estimate of drug-likeness (QED) is 0.514. The van der Waals surface area contributed by atoms with Crippen LogP contribution in [-0.4, -0.2) is 0 Å². The molecule has 0 saturated heterocycles. The van der Waals surface area contributed by atoms with Gasteiger partial charge in [-0.1, -0.05) is 36.0 Å². The van der Waals surface area contributed by atoms with E-state index < -0.39 is 0 Å². The highest BCUT2D eigenvalue weighted by Gasteiger charge is 2.34. The van der Waals surface area contributed by atoms with E-state index in [0.29, 0.717) is 5.41 Å². The molecule has 2 aliphatic rings. The van der Waals surface area contributed by atoms with Crippen LogP contribution in [0.5, 0.6) is 0 Å². The minimum atomic E-state index is 0.573. The summed E-state index contributed by atoms with van der Waals surface area (Å²) in [6.07, 6.45) is 16.7. The van der Waals surface area contributed by atoms with Gasteiger partial charge in [0.05, 0.1) is 0 Å². The fraction of sp³-hybridized carbons (Fsp3) is 0.500. The lowest BCUT2D eigenvalue weighted by atomic mass is 9.64. The van der Waals surface area contributed by atoms with Crippen LogP contribution in [-0.2, 0) is 0 Å². The molecule has 2 rings (SSSR count). The minimum Gasteiger partial charge on any atom is -0.0885 e. The van der Waals surface area contributed by atoms with Crippen molar-refractivity contribution >= 4 is 0 Å². The number of hydrogen-bond acceptors (Lipinski definition) is 0. The van der Waals surface area contributed by atoms with Crippen LogP contribution >= 0.6 is 0 Å². The molecule has 0 fully saturated rings. The standard InChI is InChI=1S/C12H16/c1-2-6-11-9-12(10-11)7-4-3-5-8-12/h2-4,6,9H,5,7-8,10H2,1H3/b6-2+. The Balaban J connectivity index is 2.05. The Labute approximate surface area is 74.7 Å². The predicted octanol–water partition coefficient (Wildman–Crippen LogP) is 3.62. The number of allylic oxidation sites excluding steroid dienone is 6. The van der Waals surface area contributed by atoms with Gasteiger partial charge in [-0.05, 0) is 38.0 Å². The third-order valence-electron chi connectivity index (χ3n) is 2.93. The maximum absolute atomic E-state index is 2.47. The smallest absolute Gasteiger partial charge is 0.00348 e. The largest absolute Gasteiger partial charge is 0.0885 e. The van der Waals surface area contributed by atoms with E-state index in [1.165, 1.54) is 31.3 Å². The fourth-order valence-electron chi connectivity index (χ4n) is 2.29. The first-order valence-corrected chi connectivity index (χ1v) is 4.84. The SMILES string of the molecule is C/C=C/C1=CC2(CC=CCC2)C1. The summed E-state index contributed by atoms with van der Waals surface area (Å²) in [7, 11) is 0. The molecule has 0 saturated carbocycles. The number of rotatable bonds is 1. The molecule has 0 aromatic rings. The van der Waals surface area contributed by atoms with E-state index in [1.807, 2.05) is 0 Å². The van der Waals surface area contributed by atoms with E-state index in [-0.39, 0.29) is 0 Å². The third-order valence-corrected chi connectivity index (χ3v) is 2.93. The fourth-order valence-corrected chi connectivity index (χ4v) is 2.29. The normalized spacial score (nSPS) is 33.9. The molecule has 0 heteroatoms. The Bertz CT molecular complexity index is 255. The second kappa shape index (κ2) is 2.93. The lowest BCUT2D eigenvalue weighted by molar-refractivity contribution is 0.306. The first-order valence-electron chi connectivity index (χ1n) is 4.84. The van der Waals surface area contributed by atoms with E-state index in [2.05, 4.69) is 37.3 Å². The molecule has 0 aromatic carbocycles. The van der Waals surface area contributed by atoms with E-state index in [4.69, 9.17) is 0 Å². The minimum absolute atomic E-state index is 0.573. The maximum atomic E-state index is 2.47. The van der Waals surface area contributed by atoms with Crippen LogP contribution in [0.3, 0.4) is 0 Å². The van der Waals surface area contributed by atoms with Crippen LogP contribution in [0.15, 0.2) is 36.0 Å². The molecule has 0 aromatic heterocycles. The molecule has 0 heterocycles. The first kappa shape index (κ1) is 7.85. The molecule has 1 unspecified atom stereocenters. The molecule has 0 radical (unpaired) electrons. The van der Waals surface area contributed by atoms with Gasteiger partial charge in [-0.2, -0.15) is 0 Å². The highest BCUT2D eigenvalue weighted by Crippen LogP contribution is 2.48. The topological polar surface area (TPSA) is 0 Å². The van der Waals surface area contributed by atoms with Crippen LogP contribution in [0.25, 0.3) is 0 Å². The van der Waals surface area contributed by atoms with Gasteiger partial charge in [0.25, 0.3) is 0 Å². The monoisotopic (exact) mass is 160 g/mol. The van der Waals surface area contributed by atoms with Crippen LogP contribution in [0, 0.1) is 5.41 Å². The van der Waals surface area contributed by atoms with Gasteiger partial charge in [0.1, 0.15) is 0 Å². The van der Waals surface area contributed by atoms with Crippen LogP contribution in [0.2, 0.25) is 0 Å². The van der Waals surface area contributed by atoms with E-state index >= 15 is 0 Å². The molecule has 0 amide bonds. The first-order chi connectivity index (χ1) is 5.85. The van der Waals surface area contributed by atoms with Gasteiger partial charge in [-0.15, -0.1) is 0 Å². The Morgan fingerprint density at radius 3 is 2.83 bits per heavy atom. The van der Waals surface area contributed by atoms with Crippen molar-refractivity contribution < 1.29 is 0 Å². The summed E-state index contributed by atoms with van der Waals surface area (Å²) in [5, 5.41) is 0. The molecule has 2 aliphatic carbocycles. The lowest BCUT2D eigenvalue weighted by Gasteiger charge is -2.40. The molecule has 0 bridgehead atoms. The van der Waals surface area contributed by atoms with Crippen molar-refractivity contribution in [1.29, 1.82) is 0 Å².